The maximum atomic E-state index is 5.25. The summed E-state index contributed by atoms with van der Waals surface area (Å²) in [5, 5.41) is 3.55. The van der Waals surface area contributed by atoms with Crippen molar-refractivity contribution in [1.29, 1.82) is 0 Å². The van der Waals surface area contributed by atoms with E-state index in [0.29, 0.717) is 6.61 Å². The Bertz CT molecular complexity index is 590. The van der Waals surface area contributed by atoms with Gasteiger partial charge in [-0.3, -0.25) is 0 Å². The van der Waals surface area contributed by atoms with Gasteiger partial charge < -0.3 is 10.1 Å². The second-order valence-electron chi connectivity index (χ2n) is 5.82. The zero-order valence-electron chi connectivity index (χ0n) is 12.6. The lowest BCUT2D eigenvalue weighted by Gasteiger charge is -2.10. The highest BCUT2D eigenvalue weighted by molar-refractivity contribution is 5.29. The van der Waals surface area contributed by atoms with E-state index in [0.717, 1.165) is 19.0 Å². The fourth-order valence-corrected chi connectivity index (χ4v) is 2.74. The summed E-state index contributed by atoms with van der Waals surface area (Å²) in [5.41, 5.74) is 5.47. The zero-order valence-corrected chi connectivity index (χ0v) is 12.6. The van der Waals surface area contributed by atoms with E-state index in [-0.39, 0.29) is 0 Å². The third-order valence-electron chi connectivity index (χ3n) is 4.06. The Morgan fingerprint density at radius 3 is 2.57 bits per heavy atom. The van der Waals surface area contributed by atoms with Crippen LogP contribution in [0.25, 0.3) is 0 Å². The largest absolute Gasteiger partial charge is 0.380 e. The Morgan fingerprint density at radius 2 is 1.81 bits per heavy atom. The summed E-state index contributed by atoms with van der Waals surface area (Å²) >= 11 is 0. The van der Waals surface area contributed by atoms with Crippen LogP contribution >= 0.6 is 0 Å². The molecule has 2 aromatic carbocycles. The van der Waals surface area contributed by atoms with Crippen molar-refractivity contribution < 1.29 is 4.74 Å². The number of hydrogen-bond acceptors (Lipinski definition) is 2. The predicted molar refractivity (Wildman–Crippen MR) is 86.1 cm³/mol. The Balaban J connectivity index is 1.57. The molecule has 2 heteroatoms. The molecule has 0 heterocycles. The summed E-state index contributed by atoms with van der Waals surface area (Å²) in [6, 6.07) is 17.5. The first-order valence-electron chi connectivity index (χ1n) is 7.72. The highest BCUT2D eigenvalue weighted by atomic mass is 16.5. The van der Waals surface area contributed by atoms with Crippen LogP contribution in [0.4, 0.5) is 0 Å². The van der Waals surface area contributed by atoms with Crippen LogP contribution in [0.15, 0.2) is 48.5 Å². The fourth-order valence-electron chi connectivity index (χ4n) is 2.74. The van der Waals surface area contributed by atoms with Gasteiger partial charge in [0.05, 0.1) is 6.61 Å². The number of rotatable bonds is 7. The minimum absolute atomic E-state index is 0.676. The standard InChI is InChI=1S/C19H23NO/c1-21-14-19-7-3-2-6-18(19)13-20-12-15-5-4-8-17(11-15)16-9-10-16/h2-8,11,16,20H,9-10,12-14H2,1H3. The summed E-state index contributed by atoms with van der Waals surface area (Å²) in [4.78, 5) is 0. The van der Waals surface area contributed by atoms with Gasteiger partial charge in [0.1, 0.15) is 0 Å². The first kappa shape index (κ1) is 14.3. The van der Waals surface area contributed by atoms with Crippen LogP contribution in [-0.2, 0) is 24.4 Å². The van der Waals surface area contributed by atoms with Crippen molar-refractivity contribution >= 4 is 0 Å². The van der Waals surface area contributed by atoms with Gasteiger partial charge in [0, 0.05) is 20.2 Å². The van der Waals surface area contributed by atoms with Gasteiger partial charge in [-0.2, -0.15) is 0 Å². The van der Waals surface area contributed by atoms with Crippen molar-refractivity contribution in [1.82, 2.24) is 5.32 Å². The average molecular weight is 281 g/mol. The molecule has 1 N–H and O–H groups in total. The summed E-state index contributed by atoms with van der Waals surface area (Å²) in [5.74, 6) is 0.826. The lowest BCUT2D eigenvalue weighted by Crippen LogP contribution is -2.14. The van der Waals surface area contributed by atoms with Crippen LogP contribution in [0.5, 0.6) is 0 Å². The molecular weight excluding hydrogens is 258 g/mol. The van der Waals surface area contributed by atoms with Crippen molar-refractivity contribution in [3.63, 3.8) is 0 Å². The lowest BCUT2D eigenvalue weighted by molar-refractivity contribution is 0.184. The van der Waals surface area contributed by atoms with Gasteiger partial charge in [-0.15, -0.1) is 0 Å². The summed E-state index contributed by atoms with van der Waals surface area (Å²) in [7, 11) is 1.74. The van der Waals surface area contributed by atoms with E-state index in [1.54, 1.807) is 7.11 Å². The van der Waals surface area contributed by atoms with E-state index in [9.17, 15) is 0 Å². The van der Waals surface area contributed by atoms with Gasteiger partial charge in [0.15, 0.2) is 0 Å². The van der Waals surface area contributed by atoms with Crippen molar-refractivity contribution in [3.05, 3.63) is 70.8 Å². The molecular formula is C19H23NO. The first-order chi connectivity index (χ1) is 10.4. The number of nitrogens with one attached hydrogen (secondary N) is 1. The lowest BCUT2D eigenvalue weighted by atomic mass is 10.1. The fraction of sp³-hybridized carbons (Fsp3) is 0.368. The molecule has 110 valence electrons. The molecule has 2 aromatic rings. The normalized spacial score (nSPS) is 14.3. The second kappa shape index (κ2) is 6.88. The quantitative estimate of drug-likeness (QED) is 0.828. The van der Waals surface area contributed by atoms with Crippen molar-refractivity contribution in [2.75, 3.05) is 7.11 Å². The monoisotopic (exact) mass is 281 g/mol. The minimum Gasteiger partial charge on any atom is -0.380 e. The zero-order chi connectivity index (χ0) is 14.5. The highest BCUT2D eigenvalue weighted by Gasteiger charge is 2.23. The molecule has 0 radical (unpaired) electrons. The Labute approximate surface area is 127 Å². The minimum atomic E-state index is 0.676. The van der Waals surface area contributed by atoms with Crippen LogP contribution in [0.3, 0.4) is 0 Å². The molecule has 1 aliphatic carbocycles. The van der Waals surface area contributed by atoms with E-state index in [2.05, 4.69) is 53.8 Å². The third kappa shape index (κ3) is 3.93. The molecule has 1 fully saturated rings. The maximum absolute atomic E-state index is 5.25. The topological polar surface area (TPSA) is 21.3 Å². The van der Waals surface area contributed by atoms with Crippen molar-refractivity contribution in [2.45, 2.75) is 38.5 Å². The molecule has 1 saturated carbocycles. The van der Waals surface area contributed by atoms with Gasteiger partial charge in [0.2, 0.25) is 0 Å². The molecule has 2 nitrogen and oxygen atoms in total. The summed E-state index contributed by atoms with van der Waals surface area (Å²) in [6.45, 7) is 2.48. The first-order valence-corrected chi connectivity index (χ1v) is 7.72. The van der Waals surface area contributed by atoms with E-state index in [4.69, 9.17) is 4.74 Å². The molecule has 0 aliphatic heterocycles. The summed E-state index contributed by atoms with van der Waals surface area (Å²) < 4.78 is 5.25. The van der Waals surface area contributed by atoms with Gasteiger partial charge >= 0.3 is 0 Å². The molecule has 0 atom stereocenters. The molecule has 0 amide bonds. The smallest absolute Gasteiger partial charge is 0.0716 e. The SMILES string of the molecule is COCc1ccccc1CNCc1cccc(C2CC2)c1. The van der Waals surface area contributed by atoms with Crippen LogP contribution in [-0.4, -0.2) is 7.11 Å². The summed E-state index contributed by atoms with van der Waals surface area (Å²) in [6.07, 6.45) is 2.72. The Hall–Kier alpha value is -1.64. The third-order valence-corrected chi connectivity index (χ3v) is 4.06. The second-order valence-corrected chi connectivity index (χ2v) is 5.82. The highest BCUT2D eigenvalue weighted by Crippen LogP contribution is 2.40. The van der Waals surface area contributed by atoms with Crippen molar-refractivity contribution in [3.8, 4) is 0 Å². The number of hydrogen-bond donors (Lipinski definition) is 1. The number of ether oxygens (including phenoxy) is 1. The van der Waals surface area contributed by atoms with Gasteiger partial charge in [-0.25, -0.2) is 0 Å². The predicted octanol–water partition coefficient (Wildman–Crippen LogP) is 4.00. The van der Waals surface area contributed by atoms with Crippen LogP contribution in [0, 0.1) is 0 Å². The van der Waals surface area contributed by atoms with Gasteiger partial charge in [-0.1, -0.05) is 48.5 Å². The van der Waals surface area contributed by atoms with Crippen LogP contribution in [0.2, 0.25) is 0 Å². The van der Waals surface area contributed by atoms with E-state index in [1.165, 1.54) is 35.1 Å². The number of benzene rings is 2. The molecule has 0 bridgehead atoms. The molecule has 0 spiro atoms. The molecule has 0 saturated heterocycles. The van der Waals surface area contributed by atoms with E-state index >= 15 is 0 Å². The molecule has 21 heavy (non-hydrogen) atoms. The number of methoxy groups -OCH3 is 1. The van der Waals surface area contributed by atoms with Crippen LogP contribution < -0.4 is 5.32 Å². The molecule has 1 aliphatic rings. The van der Waals surface area contributed by atoms with Gasteiger partial charge in [0.25, 0.3) is 0 Å². The molecule has 0 unspecified atom stereocenters. The average Bonchev–Trinajstić information content (AvgIpc) is 3.34. The molecule has 3 rings (SSSR count). The Morgan fingerprint density at radius 1 is 1.00 bits per heavy atom. The Kier molecular flexibility index (Phi) is 4.69. The van der Waals surface area contributed by atoms with Crippen molar-refractivity contribution in [2.24, 2.45) is 0 Å². The van der Waals surface area contributed by atoms with E-state index in [1.807, 2.05) is 0 Å². The maximum Gasteiger partial charge on any atom is 0.0716 e. The van der Waals surface area contributed by atoms with Crippen LogP contribution in [0.1, 0.15) is 41.0 Å². The van der Waals surface area contributed by atoms with Gasteiger partial charge in [-0.05, 0) is 41.0 Å². The molecule has 0 aromatic heterocycles. The van der Waals surface area contributed by atoms with E-state index < -0.39 is 0 Å².